The van der Waals surface area contributed by atoms with Gasteiger partial charge in [-0.05, 0) is 18.1 Å². The number of carboxylic acids is 1. The number of aromatic nitrogens is 3. The fourth-order valence-electron chi connectivity index (χ4n) is 3.88. The molecule has 7 nitrogen and oxygen atoms in total. The minimum absolute atomic E-state index is 0.146. The molecule has 1 atom stereocenters. The third-order valence-corrected chi connectivity index (χ3v) is 5.44. The lowest BCUT2D eigenvalue weighted by Crippen LogP contribution is -2.51. The highest BCUT2D eigenvalue weighted by Gasteiger charge is 2.37. The van der Waals surface area contributed by atoms with E-state index in [1.165, 1.54) is 4.90 Å². The molecule has 1 N–H and O–H groups in total. The van der Waals surface area contributed by atoms with Gasteiger partial charge < -0.3 is 14.6 Å². The molecular formula is C22H22N4O3. The van der Waals surface area contributed by atoms with Crippen LogP contribution in [0, 0.1) is 6.92 Å². The molecule has 2 aromatic carbocycles. The SMILES string of the molecule is Cc1nnc2n1CC(C(=O)O)N(C(=O)CC(c1ccccc1)c1ccccc1)C2. The molecule has 0 spiro atoms. The zero-order chi connectivity index (χ0) is 20.4. The zero-order valence-corrected chi connectivity index (χ0v) is 16.1. The molecule has 0 bridgehead atoms. The van der Waals surface area contributed by atoms with E-state index in [4.69, 9.17) is 0 Å². The third kappa shape index (κ3) is 3.76. The fourth-order valence-corrected chi connectivity index (χ4v) is 3.88. The number of nitrogens with zero attached hydrogens (tertiary/aromatic N) is 4. The Kier molecular flexibility index (Phi) is 5.12. The Morgan fingerprint density at radius 3 is 2.17 bits per heavy atom. The summed E-state index contributed by atoms with van der Waals surface area (Å²) in [5.74, 6) is -0.106. The first-order valence-corrected chi connectivity index (χ1v) is 9.55. The maximum absolute atomic E-state index is 13.3. The lowest BCUT2D eigenvalue weighted by Gasteiger charge is -2.34. The molecular weight excluding hydrogens is 368 g/mol. The first-order chi connectivity index (χ1) is 14.0. The molecule has 1 amide bonds. The summed E-state index contributed by atoms with van der Waals surface area (Å²) < 4.78 is 1.77. The highest BCUT2D eigenvalue weighted by molar-refractivity contribution is 5.84. The van der Waals surface area contributed by atoms with Crippen LogP contribution in [-0.4, -0.2) is 42.7 Å². The van der Waals surface area contributed by atoms with Crippen molar-refractivity contribution < 1.29 is 14.7 Å². The van der Waals surface area contributed by atoms with Gasteiger partial charge in [-0.15, -0.1) is 10.2 Å². The molecule has 1 aromatic heterocycles. The Morgan fingerprint density at radius 1 is 1.03 bits per heavy atom. The average Bonchev–Trinajstić information content (AvgIpc) is 3.12. The predicted octanol–water partition coefficient (Wildman–Crippen LogP) is 2.60. The molecule has 2 heterocycles. The van der Waals surface area contributed by atoms with Crippen LogP contribution in [0.4, 0.5) is 0 Å². The molecule has 148 valence electrons. The summed E-state index contributed by atoms with van der Waals surface area (Å²) in [4.78, 5) is 26.6. The summed E-state index contributed by atoms with van der Waals surface area (Å²) in [6.45, 7) is 2.09. The van der Waals surface area contributed by atoms with Crippen LogP contribution in [0.25, 0.3) is 0 Å². The van der Waals surface area contributed by atoms with Crippen molar-refractivity contribution in [2.24, 2.45) is 0 Å². The minimum atomic E-state index is -1.02. The van der Waals surface area contributed by atoms with E-state index in [0.29, 0.717) is 11.6 Å². The van der Waals surface area contributed by atoms with Gasteiger partial charge in [-0.25, -0.2) is 4.79 Å². The van der Waals surface area contributed by atoms with E-state index in [-0.39, 0.29) is 31.3 Å². The van der Waals surface area contributed by atoms with Crippen LogP contribution in [0.15, 0.2) is 60.7 Å². The normalized spacial score (nSPS) is 15.9. The largest absolute Gasteiger partial charge is 0.480 e. The molecule has 3 aromatic rings. The van der Waals surface area contributed by atoms with Crippen LogP contribution in [0.5, 0.6) is 0 Å². The summed E-state index contributed by atoms with van der Waals surface area (Å²) in [5, 5.41) is 17.9. The van der Waals surface area contributed by atoms with Gasteiger partial charge in [0.1, 0.15) is 11.9 Å². The lowest BCUT2D eigenvalue weighted by molar-refractivity contribution is -0.152. The van der Waals surface area contributed by atoms with Crippen molar-refractivity contribution >= 4 is 11.9 Å². The summed E-state index contributed by atoms with van der Waals surface area (Å²) in [5.41, 5.74) is 2.05. The number of hydrogen-bond acceptors (Lipinski definition) is 4. The van der Waals surface area contributed by atoms with Crippen LogP contribution in [0.3, 0.4) is 0 Å². The van der Waals surface area contributed by atoms with Crippen LogP contribution in [0.1, 0.15) is 35.1 Å². The molecule has 0 saturated carbocycles. The molecule has 1 aliphatic rings. The quantitative estimate of drug-likeness (QED) is 0.723. The maximum atomic E-state index is 13.3. The number of fused-ring (bicyclic) bond motifs is 1. The van der Waals surface area contributed by atoms with Gasteiger partial charge in [0.2, 0.25) is 5.91 Å². The van der Waals surface area contributed by atoms with E-state index in [2.05, 4.69) is 10.2 Å². The number of aryl methyl sites for hydroxylation is 1. The number of amides is 1. The van der Waals surface area contributed by atoms with Gasteiger partial charge >= 0.3 is 5.97 Å². The van der Waals surface area contributed by atoms with Crippen molar-refractivity contribution in [3.8, 4) is 0 Å². The molecule has 1 aliphatic heterocycles. The van der Waals surface area contributed by atoms with Crippen LogP contribution in [-0.2, 0) is 22.7 Å². The second-order valence-corrected chi connectivity index (χ2v) is 7.23. The highest BCUT2D eigenvalue weighted by atomic mass is 16.4. The Labute approximate surface area is 168 Å². The van der Waals surface area contributed by atoms with Crippen molar-refractivity contribution in [1.82, 2.24) is 19.7 Å². The van der Waals surface area contributed by atoms with Crippen molar-refractivity contribution in [3.05, 3.63) is 83.4 Å². The van der Waals surface area contributed by atoms with Gasteiger partial charge in [-0.2, -0.15) is 0 Å². The maximum Gasteiger partial charge on any atom is 0.328 e. The first kappa shape index (κ1) is 18.9. The molecule has 0 fully saturated rings. The fraction of sp³-hybridized carbons (Fsp3) is 0.273. The van der Waals surface area contributed by atoms with Crippen molar-refractivity contribution in [2.75, 3.05) is 0 Å². The molecule has 0 radical (unpaired) electrons. The number of carbonyl (C=O) groups excluding carboxylic acids is 1. The Hall–Kier alpha value is -3.48. The average molecular weight is 390 g/mol. The molecule has 29 heavy (non-hydrogen) atoms. The van der Waals surface area contributed by atoms with Crippen molar-refractivity contribution in [1.29, 1.82) is 0 Å². The predicted molar refractivity (Wildman–Crippen MR) is 106 cm³/mol. The van der Waals surface area contributed by atoms with E-state index in [1.54, 1.807) is 11.5 Å². The molecule has 4 rings (SSSR count). The highest BCUT2D eigenvalue weighted by Crippen LogP contribution is 2.30. The molecule has 7 heteroatoms. The summed E-state index contributed by atoms with van der Waals surface area (Å²) in [6.07, 6.45) is 0.185. The van der Waals surface area contributed by atoms with Crippen molar-refractivity contribution in [3.63, 3.8) is 0 Å². The minimum Gasteiger partial charge on any atom is -0.480 e. The van der Waals surface area contributed by atoms with E-state index in [1.807, 2.05) is 60.7 Å². The third-order valence-electron chi connectivity index (χ3n) is 5.44. The van der Waals surface area contributed by atoms with E-state index >= 15 is 0 Å². The van der Waals surface area contributed by atoms with Crippen molar-refractivity contribution in [2.45, 2.75) is 38.4 Å². The number of rotatable bonds is 5. The van der Waals surface area contributed by atoms with Gasteiger partial charge in [0.15, 0.2) is 5.82 Å². The number of aliphatic carboxylic acids is 1. The van der Waals surface area contributed by atoms with Crippen LogP contribution < -0.4 is 0 Å². The Balaban J connectivity index is 1.64. The second kappa shape index (κ2) is 7.87. The van der Waals surface area contributed by atoms with E-state index < -0.39 is 12.0 Å². The molecule has 0 aliphatic carbocycles. The monoisotopic (exact) mass is 390 g/mol. The van der Waals surface area contributed by atoms with Gasteiger partial charge in [0.25, 0.3) is 0 Å². The zero-order valence-electron chi connectivity index (χ0n) is 16.1. The topological polar surface area (TPSA) is 88.3 Å². The lowest BCUT2D eigenvalue weighted by atomic mass is 9.88. The smallest absolute Gasteiger partial charge is 0.328 e. The van der Waals surface area contributed by atoms with Crippen LogP contribution >= 0.6 is 0 Å². The molecule has 0 saturated heterocycles. The van der Waals surface area contributed by atoms with E-state index in [9.17, 15) is 14.7 Å². The van der Waals surface area contributed by atoms with Gasteiger partial charge in [-0.3, -0.25) is 4.79 Å². The van der Waals surface area contributed by atoms with Gasteiger partial charge in [0.05, 0.1) is 13.1 Å². The summed E-state index contributed by atoms with van der Waals surface area (Å²) >= 11 is 0. The number of carbonyl (C=O) groups is 2. The summed E-state index contributed by atoms with van der Waals surface area (Å²) in [6, 6.07) is 18.7. The number of hydrogen-bond donors (Lipinski definition) is 1. The number of benzene rings is 2. The Bertz CT molecular complexity index is 978. The summed E-state index contributed by atoms with van der Waals surface area (Å²) in [7, 11) is 0. The standard InChI is InChI=1S/C22H22N4O3/c1-15-23-24-20-14-26(19(22(28)29)13-25(15)20)21(27)12-18(16-8-4-2-5-9-16)17-10-6-3-7-11-17/h2-11,18-19H,12-14H2,1H3,(H,28,29). The Morgan fingerprint density at radius 2 is 1.62 bits per heavy atom. The second-order valence-electron chi connectivity index (χ2n) is 7.23. The molecule has 1 unspecified atom stereocenters. The van der Waals surface area contributed by atoms with Gasteiger partial charge in [-0.1, -0.05) is 60.7 Å². The van der Waals surface area contributed by atoms with Gasteiger partial charge in [0, 0.05) is 12.3 Å². The first-order valence-electron chi connectivity index (χ1n) is 9.55. The van der Waals surface area contributed by atoms with Crippen LogP contribution in [0.2, 0.25) is 0 Å². The van der Waals surface area contributed by atoms with E-state index in [0.717, 1.165) is 11.1 Å². The number of carboxylic acid groups (broad SMARTS) is 1.